The van der Waals surface area contributed by atoms with Crippen LogP contribution >= 0.6 is 0 Å². The monoisotopic (exact) mass is 216 g/mol. The molecule has 2 nitrogen and oxygen atoms in total. The molecule has 0 saturated carbocycles. The zero-order valence-electron chi connectivity index (χ0n) is 10.3. The van der Waals surface area contributed by atoms with E-state index in [1.807, 2.05) is 0 Å². The van der Waals surface area contributed by atoms with Crippen molar-refractivity contribution in [3.63, 3.8) is 0 Å². The van der Waals surface area contributed by atoms with Crippen molar-refractivity contribution in [1.82, 2.24) is 4.57 Å². The number of benzene rings is 1. The number of nitrogens with zero attached hydrogens (tertiary/aromatic N) is 1. The van der Waals surface area contributed by atoms with Crippen LogP contribution in [0.25, 0.3) is 10.9 Å². The van der Waals surface area contributed by atoms with E-state index in [-0.39, 0.29) is 0 Å². The van der Waals surface area contributed by atoms with E-state index < -0.39 is 0 Å². The molecule has 1 atom stereocenters. The first-order chi connectivity index (χ1) is 7.63. The van der Waals surface area contributed by atoms with E-state index in [2.05, 4.69) is 49.7 Å². The molecule has 16 heavy (non-hydrogen) atoms. The lowest BCUT2D eigenvalue weighted by molar-refractivity contribution is 0.644. The van der Waals surface area contributed by atoms with Gasteiger partial charge in [-0.05, 0) is 44.0 Å². The third kappa shape index (κ3) is 1.85. The maximum atomic E-state index is 5.63. The average Bonchev–Trinajstić information content (AvgIpc) is 2.56. The molecule has 0 fully saturated rings. The van der Waals surface area contributed by atoms with E-state index in [1.165, 1.54) is 22.2 Å². The topological polar surface area (TPSA) is 30.9 Å². The highest BCUT2D eigenvalue weighted by molar-refractivity contribution is 5.82. The van der Waals surface area contributed by atoms with E-state index in [9.17, 15) is 0 Å². The number of hydrogen-bond acceptors (Lipinski definition) is 1. The number of rotatable bonds is 3. The van der Waals surface area contributed by atoms with E-state index >= 15 is 0 Å². The largest absolute Gasteiger partial charge is 0.347 e. The number of nitrogens with two attached hydrogens (primary N) is 1. The predicted octanol–water partition coefficient (Wildman–Crippen LogP) is 2.94. The van der Waals surface area contributed by atoms with Crippen molar-refractivity contribution in [2.45, 2.75) is 26.2 Å². The second-order valence-electron chi connectivity index (χ2n) is 4.67. The molecular formula is C14H20N2. The highest BCUT2D eigenvalue weighted by Gasteiger charge is 2.11. The number of fused-ring (bicyclic) bond motifs is 1. The van der Waals surface area contributed by atoms with Gasteiger partial charge < -0.3 is 10.3 Å². The third-order valence-corrected chi connectivity index (χ3v) is 3.34. The van der Waals surface area contributed by atoms with Gasteiger partial charge in [0, 0.05) is 23.6 Å². The van der Waals surface area contributed by atoms with Crippen molar-refractivity contribution in [3.8, 4) is 0 Å². The van der Waals surface area contributed by atoms with Crippen molar-refractivity contribution in [2.24, 2.45) is 12.8 Å². The molecule has 0 bridgehead atoms. The van der Waals surface area contributed by atoms with Crippen molar-refractivity contribution in [3.05, 3.63) is 35.5 Å². The highest BCUT2D eigenvalue weighted by Crippen LogP contribution is 2.26. The molecule has 2 heteroatoms. The lowest BCUT2D eigenvalue weighted by Gasteiger charge is -2.11. The van der Waals surface area contributed by atoms with Crippen LogP contribution < -0.4 is 5.73 Å². The summed E-state index contributed by atoms with van der Waals surface area (Å²) in [5.74, 6) is 0.530. The summed E-state index contributed by atoms with van der Waals surface area (Å²) in [5.41, 5.74) is 9.63. The van der Waals surface area contributed by atoms with E-state index in [0.29, 0.717) is 5.92 Å². The van der Waals surface area contributed by atoms with Crippen LogP contribution in [0.4, 0.5) is 0 Å². The molecule has 0 spiro atoms. The SMILES string of the molecule is Cc1ccc2c(c1)cc(C(C)CCN)n2C. The lowest BCUT2D eigenvalue weighted by atomic mass is 10.0. The van der Waals surface area contributed by atoms with Gasteiger partial charge in [0.15, 0.2) is 0 Å². The van der Waals surface area contributed by atoms with Gasteiger partial charge in [0.2, 0.25) is 0 Å². The molecule has 0 aliphatic rings. The lowest BCUT2D eigenvalue weighted by Crippen LogP contribution is -2.07. The van der Waals surface area contributed by atoms with Crippen molar-refractivity contribution in [1.29, 1.82) is 0 Å². The minimum Gasteiger partial charge on any atom is -0.347 e. The fourth-order valence-electron chi connectivity index (χ4n) is 2.36. The molecule has 0 radical (unpaired) electrons. The van der Waals surface area contributed by atoms with Crippen LogP contribution in [0.5, 0.6) is 0 Å². The first kappa shape index (κ1) is 11.2. The van der Waals surface area contributed by atoms with E-state index in [0.717, 1.165) is 13.0 Å². The van der Waals surface area contributed by atoms with Crippen LogP contribution in [0, 0.1) is 6.92 Å². The van der Waals surface area contributed by atoms with Crippen LogP contribution in [-0.2, 0) is 7.05 Å². The minimum absolute atomic E-state index is 0.530. The van der Waals surface area contributed by atoms with Gasteiger partial charge in [-0.25, -0.2) is 0 Å². The first-order valence-electron chi connectivity index (χ1n) is 5.89. The summed E-state index contributed by atoms with van der Waals surface area (Å²) in [6, 6.07) is 8.90. The Labute approximate surface area is 97.1 Å². The Bertz CT molecular complexity index is 497. The summed E-state index contributed by atoms with van der Waals surface area (Å²) in [6.45, 7) is 5.13. The highest BCUT2D eigenvalue weighted by atomic mass is 14.9. The zero-order valence-corrected chi connectivity index (χ0v) is 10.3. The summed E-state index contributed by atoms with van der Waals surface area (Å²) in [6.07, 6.45) is 1.04. The van der Waals surface area contributed by atoms with Crippen LogP contribution in [0.15, 0.2) is 24.3 Å². The standard InChI is InChI=1S/C14H20N2/c1-10-4-5-13-12(8-10)9-14(16(13)3)11(2)6-7-15/h4-5,8-9,11H,6-7,15H2,1-3H3. The molecule has 1 aromatic carbocycles. The normalized spacial score (nSPS) is 13.2. The van der Waals surface area contributed by atoms with Gasteiger partial charge >= 0.3 is 0 Å². The summed E-state index contributed by atoms with van der Waals surface area (Å²) >= 11 is 0. The second kappa shape index (κ2) is 4.30. The van der Waals surface area contributed by atoms with Crippen molar-refractivity contribution < 1.29 is 0 Å². The maximum Gasteiger partial charge on any atom is 0.0480 e. The number of aromatic nitrogens is 1. The Kier molecular flexibility index (Phi) is 3.01. The summed E-state index contributed by atoms with van der Waals surface area (Å²) in [5, 5.41) is 1.33. The molecule has 0 saturated heterocycles. The molecule has 1 aromatic heterocycles. The van der Waals surface area contributed by atoms with Gasteiger partial charge in [-0.1, -0.05) is 18.6 Å². The molecule has 1 heterocycles. The van der Waals surface area contributed by atoms with Crippen molar-refractivity contribution in [2.75, 3.05) is 6.54 Å². The Morgan fingerprint density at radius 2 is 2.06 bits per heavy atom. The molecule has 0 aliphatic carbocycles. The predicted molar refractivity (Wildman–Crippen MR) is 69.7 cm³/mol. The van der Waals surface area contributed by atoms with Gasteiger partial charge in [0.05, 0.1) is 0 Å². The molecule has 0 aliphatic heterocycles. The summed E-state index contributed by atoms with van der Waals surface area (Å²) in [4.78, 5) is 0. The van der Waals surface area contributed by atoms with Gasteiger partial charge in [-0.3, -0.25) is 0 Å². The molecule has 2 N–H and O–H groups in total. The van der Waals surface area contributed by atoms with E-state index in [1.54, 1.807) is 0 Å². The molecule has 86 valence electrons. The Balaban J connectivity index is 2.51. The fraction of sp³-hybridized carbons (Fsp3) is 0.429. The van der Waals surface area contributed by atoms with Gasteiger partial charge in [-0.15, -0.1) is 0 Å². The van der Waals surface area contributed by atoms with Crippen LogP contribution in [0.2, 0.25) is 0 Å². The Hall–Kier alpha value is -1.28. The number of hydrogen-bond donors (Lipinski definition) is 1. The van der Waals surface area contributed by atoms with Gasteiger partial charge in [0.25, 0.3) is 0 Å². The molecule has 0 amide bonds. The van der Waals surface area contributed by atoms with Crippen LogP contribution in [0.1, 0.15) is 30.5 Å². The van der Waals surface area contributed by atoms with Crippen LogP contribution in [-0.4, -0.2) is 11.1 Å². The quantitative estimate of drug-likeness (QED) is 0.840. The smallest absolute Gasteiger partial charge is 0.0480 e. The second-order valence-corrected chi connectivity index (χ2v) is 4.67. The Morgan fingerprint density at radius 3 is 2.75 bits per heavy atom. The summed E-state index contributed by atoms with van der Waals surface area (Å²) < 4.78 is 2.29. The van der Waals surface area contributed by atoms with Crippen LogP contribution in [0.3, 0.4) is 0 Å². The first-order valence-corrected chi connectivity index (χ1v) is 5.89. The van der Waals surface area contributed by atoms with Gasteiger partial charge in [-0.2, -0.15) is 0 Å². The number of aryl methyl sites for hydroxylation is 2. The Morgan fingerprint density at radius 1 is 1.31 bits per heavy atom. The summed E-state index contributed by atoms with van der Waals surface area (Å²) in [7, 11) is 2.14. The fourth-order valence-corrected chi connectivity index (χ4v) is 2.36. The average molecular weight is 216 g/mol. The van der Waals surface area contributed by atoms with Crippen molar-refractivity contribution >= 4 is 10.9 Å². The van der Waals surface area contributed by atoms with Gasteiger partial charge in [0.1, 0.15) is 0 Å². The molecular weight excluding hydrogens is 196 g/mol. The minimum atomic E-state index is 0.530. The van der Waals surface area contributed by atoms with E-state index in [4.69, 9.17) is 5.73 Å². The third-order valence-electron chi connectivity index (χ3n) is 3.34. The molecule has 1 unspecified atom stereocenters. The molecule has 2 aromatic rings. The maximum absolute atomic E-state index is 5.63. The molecule has 2 rings (SSSR count). The zero-order chi connectivity index (χ0) is 11.7.